The highest BCUT2D eigenvalue weighted by molar-refractivity contribution is 5.94. The van der Waals surface area contributed by atoms with Crippen molar-refractivity contribution < 1.29 is 37.0 Å². The molecule has 5 rings (SSSR count). The van der Waals surface area contributed by atoms with E-state index in [0.717, 1.165) is 28.8 Å². The first-order valence-electron chi connectivity index (χ1n) is 14.0. The lowest BCUT2D eigenvalue weighted by Crippen LogP contribution is -2.46. The molecule has 1 N–H and O–H groups in total. The first-order valence-corrected chi connectivity index (χ1v) is 14.0. The fourth-order valence-corrected chi connectivity index (χ4v) is 5.51. The number of carbonyl (C=O) groups excluding carboxylic acids is 2. The van der Waals surface area contributed by atoms with Gasteiger partial charge in [0.1, 0.15) is 5.60 Å². The molecule has 228 valence electrons. The number of carbonyl (C=O) groups is 2. The Morgan fingerprint density at radius 2 is 1.49 bits per heavy atom. The van der Waals surface area contributed by atoms with Crippen LogP contribution in [0.4, 0.5) is 18.0 Å². The van der Waals surface area contributed by atoms with Gasteiger partial charge in [-0.05, 0) is 53.1 Å². The van der Waals surface area contributed by atoms with Crippen LogP contribution in [0.25, 0.3) is 0 Å². The predicted octanol–water partition coefficient (Wildman–Crippen LogP) is 5.64. The number of hydrogen-bond donors (Lipinski definition) is 1. The fourth-order valence-electron chi connectivity index (χ4n) is 5.51. The molecular weight excluding hydrogens is 563 g/mol. The second-order valence-corrected chi connectivity index (χ2v) is 10.9. The van der Waals surface area contributed by atoms with Crippen LogP contribution in [0.2, 0.25) is 0 Å². The Balaban J connectivity index is 1.10. The number of hydrogen-bond acceptors (Lipinski definition) is 6. The Hall–Kier alpha value is -4.25. The number of rotatable bonds is 9. The third-order valence-corrected chi connectivity index (χ3v) is 7.99. The summed E-state index contributed by atoms with van der Waals surface area (Å²) in [6, 6.07) is 17.8. The molecule has 3 aromatic carbocycles. The zero-order valence-electron chi connectivity index (χ0n) is 24.1. The summed E-state index contributed by atoms with van der Waals surface area (Å²) in [5.74, 6) is 0.983. The van der Waals surface area contributed by atoms with Gasteiger partial charge in [-0.1, -0.05) is 30.3 Å². The first kappa shape index (κ1) is 30.2. The molecule has 2 aliphatic heterocycles. The Morgan fingerprint density at radius 3 is 2.12 bits per heavy atom. The number of halogens is 3. The molecule has 0 atom stereocenters. The smallest absolute Gasteiger partial charge is 0.416 e. The fraction of sp³-hybridized carbons (Fsp3) is 0.375. The highest BCUT2D eigenvalue weighted by Gasteiger charge is 2.46. The van der Waals surface area contributed by atoms with Crippen LogP contribution >= 0.6 is 0 Å². The van der Waals surface area contributed by atoms with Crippen molar-refractivity contribution in [2.45, 2.75) is 44.3 Å². The van der Waals surface area contributed by atoms with Gasteiger partial charge in [-0.15, -0.1) is 0 Å². The van der Waals surface area contributed by atoms with Crippen LogP contribution in [0, 0.1) is 0 Å². The second-order valence-electron chi connectivity index (χ2n) is 10.9. The molecule has 0 radical (unpaired) electrons. The van der Waals surface area contributed by atoms with Crippen LogP contribution in [0.1, 0.15) is 45.5 Å². The van der Waals surface area contributed by atoms with E-state index in [0.29, 0.717) is 69.2 Å². The molecule has 3 aromatic rings. The second kappa shape index (κ2) is 12.5. The molecule has 2 heterocycles. The van der Waals surface area contributed by atoms with Gasteiger partial charge in [-0.2, -0.15) is 13.2 Å². The number of nitrogens with one attached hydrogen (secondary N) is 1. The van der Waals surface area contributed by atoms with Crippen molar-refractivity contribution in [3.63, 3.8) is 0 Å². The van der Waals surface area contributed by atoms with Crippen LogP contribution in [-0.2, 0) is 30.5 Å². The molecule has 2 fully saturated rings. The summed E-state index contributed by atoms with van der Waals surface area (Å²) in [5.41, 5.74) is 1.84. The van der Waals surface area contributed by atoms with Gasteiger partial charge in [-0.25, -0.2) is 4.79 Å². The zero-order chi connectivity index (χ0) is 30.6. The lowest BCUT2D eigenvalue weighted by Gasteiger charge is -2.37. The maximum absolute atomic E-state index is 12.8. The maximum Gasteiger partial charge on any atom is 0.416 e. The molecule has 2 amide bonds. The minimum absolute atomic E-state index is 0.219. The van der Waals surface area contributed by atoms with E-state index >= 15 is 0 Å². The summed E-state index contributed by atoms with van der Waals surface area (Å²) in [5, 5.41) is 2.90. The molecule has 0 unspecified atom stereocenters. The topological polar surface area (TPSA) is 80.3 Å². The third-order valence-electron chi connectivity index (χ3n) is 7.99. The highest BCUT2D eigenvalue weighted by Crippen LogP contribution is 2.35. The number of likely N-dealkylation sites (tertiary alicyclic amines) is 1. The first-order chi connectivity index (χ1) is 20.6. The molecule has 43 heavy (non-hydrogen) atoms. The quantitative estimate of drug-likeness (QED) is 0.344. The summed E-state index contributed by atoms with van der Waals surface area (Å²) in [6.45, 7) is 3.05. The molecule has 0 aliphatic carbocycles. The van der Waals surface area contributed by atoms with Crippen LogP contribution in [0.5, 0.6) is 11.5 Å². The van der Waals surface area contributed by atoms with Crippen LogP contribution in [0.3, 0.4) is 0 Å². The van der Waals surface area contributed by atoms with Gasteiger partial charge in [0.2, 0.25) is 0 Å². The summed E-state index contributed by atoms with van der Waals surface area (Å²) >= 11 is 0. The molecule has 0 saturated carbocycles. The molecule has 8 nitrogen and oxygen atoms in total. The van der Waals surface area contributed by atoms with E-state index in [4.69, 9.17) is 14.2 Å². The van der Waals surface area contributed by atoms with E-state index in [9.17, 15) is 22.8 Å². The lowest BCUT2D eigenvalue weighted by molar-refractivity contribution is -0.137. The van der Waals surface area contributed by atoms with Gasteiger partial charge in [-0.3, -0.25) is 14.6 Å². The van der Waals surface area contributed by atoms with Gasteiger partial charge < -0.3 is 19.5 Å². The van der Waals surface area contributed by atoms with E-state index in [1.807, 2.05) is 24.3 Å². The third kappa shape index (κ3) is 7.22. The van der Waals surface area contributed by atoms with E-state index in [2.05, 4.69) is 10.2 Å². The van der Waals surface area contributed by atoms with E-state index in [-0.39, 0.29) is 12.0 Å². The number of piperidine rings is 1. The molecule has 0 aromatic heterocycles. The van der Waals surface area contributed by atoms with Crippen molar-refractivity contribution >= 4 is 12.0 Å². The Labute approximate surface area is 248 Å². The lowest BCUT2D eigenvalue weighted by atomic mass is 9.91. The van der Waals surface area contributed by atoms with Crippen molar-refractivity contribution in [1.82, 2.24) is 15.1 Å². The van der Waals surface area contributed by atoms with Crippen molar-refractivity contribution in [3.05, 3.63) is 94.5 Å². The number of methoxy groups -OCH3 is 2. The minimum atomic E-state index is -4.35. The van der Waals surface area contributed by atoms with Crippen molar-refractivity contribution in [1.29, 1.82) is 0 Å². The number of ether oxygens (including phenoxy) is 3. The number of alkyl halides is 3. The Bertz CT molecular complexity index is 1440. The van der Waals surface area contributed by atoms with Gasteiger partial charge in [0.15, 0.2) is 11.5 Å². The number of nitrogens with zero attached hydrogens (tertiary/aromatic N) is 2. The monoisotopic (exact) mass is 597 g/mol. The van der Waals surface area contributed by atoms with Crippen LogP contribution < -0.4 is 14.8 Å². The summed E-state index contributed by atoms with van der Waals surface area (Å²) < 4.78 is 54.9. The standard InChI is InChI=1S/C32H34F3N3O5/c1-41-27-12-7-24(17-28(27)42-2)18-36-29(39)25-8-3-23(4-9-25)20-38-21-31(43-30(38)40)13-15-37(16-14-31)19-22-5-10-26(11-6-22)32(33,34)35/h3-12,17H,13-16,18-21H2,1-2H3,(H,36,39). The van der Waals surface area contributed by atoms with E-state index in [1.54, 1.807) is 37.3 Å². The minimum Gasteiger partial charge on any atom is -0.493 e. The average Bonchev–Trinajstić information content (AvgIpc) is 3.30. The van der Waals surface area contributed by atoms with Crippen molar-refractivity contribution in [3.8, 4) is 11.5 Å². The normalized spacial score (nSPS) is 16.7. The Kier molecular flexibility index (Phi) is 8.82. The van der Waals surface area contributed by atoms with E-state index in [1.165, 1.54) is 12.1 Å². The van der Waals surface area contributed by atoms with Gasteiger partial charge in [0.05, 0.1) is 26.3 Å². The van der Waals surface area contributed by atoms with Crippen molar-refractivity contribution in [2.75, 3.05) is 33.9 Å². The molecule has 2 aliphatic rings. The molecule has 1 spiro atoms. The molecule has 11 heteroatoms. The maximum atomic E-state index is 12.8. The summed E-state index contributed by atoms with van der Waals surface area (Å²) in [4.78, 5) is 29.3. The highest BCUT2D eigenvalue weighted by atomic mass is 19.4. The van der Waals surface area contributed by atoms with Crippen LogP contribution in [-0.4, -0.2) is 61.3 Å². The average molecular weight is 598 g/mol. The predicted molar refractivity (Wildman–Crippen MR) is 153 cm³/mol. The summed E-state index contributed by atoms with van der Waals surface area (Å²) in [6.07, 6.45) is -3.42. The molecule has 2 saturated heterocycles. The largest absolute Gasteiger partial charge is 0.493 e. The van der Waals surface area contributed by atoms with Crippen molar-refractivity contribution in [2.24, 2.45) is 0 Å². The Morgan fingerprint density at radius 1 is 0.884 bits per heavy atom. The SMILES string of the molecule is COc1ccc(CNC(=O)c2ccc(CN3CC4(CCN(Cc5ccc(C(F)(F)F)cc5)CC4)OC3=O)cc2)cc1OC. The van der Waals surface area contributed by atoms with E-state index < -0.39 is 17.3 Å². The van der Waals surface area contributed by atoms with Gasteiger partial charge >= 0.3 is 12.3 Å². The molecular formula is C32H34F3N3O5. The van der Waals surface area contributed by atoms with Gasteiger partial charge in [0, 0.05) is 51.1 Å². The number of benzene rings is 3. The molecule has 0 bridgehead atoms. The van der Waals surface area contributed by atoms with Gasteiger partial charge in [0.25, 0.3) is 5.91 Å². The van der Waals surface area contributed by atoms with Crippen LogP contribution in [0.15, 0.2) is 66.7 Å². The summed E-state index contributed by atoms with van der Waals surface area (Å²) in [7, 11) is 3.12. The zero-order valence-corrected chi connectivity index (χ0v) is 24.1. The number of amides is 2.